The fraction of sp³-hybridized carbons (Fsp3) is 0.447. The fourth-order valence-electron chi connectivity index (χ4n) is 7.43. The third kappa shape index (κ3) is 8.13. The van der Waals surface area contributed by atoms with Crippen LogP contribution in [0.3, 0.4) is 0 Å². The molecule has 2 amide bonds. The second-order valence-electron chi connectivity index (χ2n) is 15.7. The van der Waals surface area contributed by atoms with Gasteiger partial charge in [-0.15, -0.1) is 0 Å². The van der Waals surface area contributed by atoms with Crippen molar-refractivity contribution in [3.05, 3.63) is 60.7 Å². The van der Waals surface area contributed by atoms with Crippen LogP contribution in [-0.4, -0.2) is 110 Å². The standard InChI is InChI=1S/C22H29N7O4.C16H20N8O/c1-22(2,3)33-21(31)28-12-13(6-7-17(28)20(30)32-5)16-8-18(23)29-19(26-16)15(10-25-29)14-9-24-27(4)11-14;1-23-8-10(6-20-23)11-7-21-24-14(17)4-13(22-16(11)24)9-2-3-12(15(18)25)19-5-9/h8-11,13,17H,6-7,12,23H2,1-5H3;4,6-9,12,19H,2-3,5,17H2,1H3,(H2,18,25)/t13-,17-;9-,12-/m00/s1. The number of nitrogens with one attached hydrogen (secondary N) is 1. The van der Waals surface area contributed by atoms with E-state index in [1.54, 1.807) is 70.0 Å². The van der Waals surface area contributed by atoms with Crippen LogP contribution in [0.25, 0.3) is 33.5 Å². The zero-order valence-electron chi connectivity index (χ0n) is 33.4. The number of anilines is 2. The Hall–Kier alpha value is -6.57. The summed E-state index contributed by atoms with van der Waals surface area (Å²) in [4.78, 5) is 47.7. The van der Waals surface area contributed by atoms with Crippen molar-refractivity contribution in [3.63, 3.8) is 0 Å². The molecule has 0 bridgehead atoms. The van der Waals surface area contributed by atoms with Gasteiger partial charge in [-0.2, -0.15) is 29.4 Å². The Morgan fingerprint density at radius 2 is 1.31 bits per heavy atom. The van der Waals surface area contributed by atoms with Crippen molar-refractivity contribution in [1.29, 1.82) is 0 Å². The average Bonchev–Trinajstić information content (AvgIpc) is 4.01. The lowest BCUT2D eigenvalue weighted by Crippen LogP contribution is -2.52. The van der Waals surface area contributed by atoms with Crippen molar-refractivity contribution in [2.45, 2.75) is 76.0 Å². The quantitative estimate of drug-likeness (QED) is 0.177. The number of nitrogens with zero attached hydrogens (tertiary/aromatic N) is 11. The molecule has 0 saturated carbocycles. The molecular formula is C38H49N15O5. The van der Waals surface area contributed by atoms with Crippen LogP contribution in [0.1, 0.15) is 69.7 Å². The summed E-state index contributed by atoms with van der Waals surface area (Å²) in [6.45, 7) is 6.26. The molecule has 6 aromatic heterocycles. The van der Waals surface area contributed by atoms with E-state index in [2.05, 4.69) is 25.7 Å². The second-order valence-corrected chi connectivity index (χ2v) is 15.7. The number of rotatable bonds is 6. The van der Waals surface area contributed by atoms with Gasteiger partial charge in [0.15, 0.2) is 11.3 Å². The first-order valence-corrected chi connectivity index (χ1v) is 19.0. The first-order valence-electron chi connectivity index (χ1n) is 19.0. The van der Waals surface area contributed by atoms with Gasteiger partial charge in [0.25, 0.3) is 0 Å². The Kier molecular flexibility index (Phi) is 10.8. The number of esters is 1. The van der Waals surface area contributed by atoms with Crippen LogP contribution in [0.15, 0.2) is 49.3 Å². The first kappa shape index (κ1) is 39.7. The van der Waals surface area contributed by atoms with Crippen LogP contribution in [-0.2, 0) is 33.2 Å². The lowest BCUT2D eigenvalue weighted by molar-refractivity contribution is -0.148. The molecule has 7 N–H and O–H groups in total. The van der Waals surface area contributed by atoms with Gasteiger partial charge in [-0.25, -0.2) is 19.6 Å². The molecule has 4 atom stereocenters. The monoisotopic (exact) mass is 795 g/mol. The van der Waals surface area contributed by atoms with Crippen molar-refractivity contribution in [1.82, 2.24) is 59.0 Å². The third-order valence-corrected chi connectivity index (χ3v) is 10.3. The molecule has 20 heteroatoms. The van der Waals surface area contributed by atoms with Crippen LogP contribution in [0.5, 0.6) is 0 Å². The number of carbonyl (C=O) groups is 3. The molecule has 2 fully saturated rings. The lowest BCUT2D eigenvalue weighted by Gasteiger charge is -2.38. The van der Waals surface area contributed by atoms with Crippen LogP contribution in [0, 0.1) is 0 Å². The van der Waals surface area contributed by atoms with Gasteiger partial charge in [0, 0.05) is 85.8 Å². The van der Waals surface area contributed by atoms with Crippen molar-refractivity contribution >= 4 is 40.9 Å². The van der Waals surface area contributed by atoms with Crippen molar-refractivity contribution in [2.75, 3.05) is 31.7 Å². The maximum absolute atomic E-state index is 12.9. The normalized spacial score (nSPS) is 19.8. The summed E-state index contributed by atoms with van der Waals surface area (Å²) in [6, 6.07) is 2.65. The molecule has 306 valence electrons. The summed E-state index contributed by atoms with van der Waals surface area (Å²) < 4.78 is 17.1. The van der Waals surface area contributed by atoms with Gasteiger partial charge in [0.1, 0.15) is 23.3 Å². The molecule has 0 spiro atoms. The molecule has 8 rings (SSSR count). The molecule has 0 radical (unpaired) electrons. The van der Waals surface area contributed by atoms with Crippen molar-refractivity contribution < 1.29 is 23.9 Å². The summed E-state index contributed by atoms with van der Waals surface area (Å²) in [5.74, 6) is 0.242. The summed E-state index contributed by atoms with van der Waals surface area (Å²) >= 11 is 0. The molecule has 2 aliphatic rings. The number of nitrogens with two attached hydrogens (primary N) is 3. The maximum Gasteiger partial charge on any atom is 0.411 e. The number of methoxy groups -OCH3 is 1. The minimum Gasteiger partial charge on any atom is -0.467 e. The molecule has 8 heterocycles. The molecule has 0 aliphatic carbocycles. The van der Waals surface area contributed by atoms with Crippen LogP contribution < -0.4 is 22.5 Å². The molecule has 2 aliphatic heterocycles. The lowest BCUT2D eigenvalue weighted by atomic mass is 9.90. The Morgan fingerprint density at radius 1 is 0.776 bits per heavy atom. The zero-order valence-corrected chi connectivity index (χ0v) is 33.4. The van der Waals surface area contributed by atoms with Gasteiger partial charge in [0.05, 0.1) is 49.3 Å². The van der Waals surface area contributed by atoms with Crippen LogP contribution in [0.2, 0.25) is 0 Å². The first-order chi connectivity index (χ1) is 27.6. The number of nitrogen functional groups attached to an aromatic ring is 2. The second kappa shape index (κ2) is 15.8. The summed E-state index contributed by atoms with van der Waals surface area (Å²) in [5.41, 5.74) is 23.6. The van der Waals surface area contributed by atoms with Gasteiger partial charge in [-0.1, -0.05) is 0 Å². The Balaban J connectivity index is 0.000000183. The number of fused-ring (bicyclic) bond motifs is 2. The number of carbonyl (C=O) groups excluding carboxylic acids is 3. The SMILES string of the molecule is COC(=O)[C@@H]1CC[C@H](c2cc(N)n3ncc(-c4cnn(C)c4)c3n2)CN1C(=O)OC(C)(C)C.Cn1cc(-c2cnn3c(N)cc([C@H]4CC[C@@H](C(N)=O)NC4)nc23)cn1. The Bertz CT molecular complexity index is 2470. The highest BCUT2D eigenvalue weighted by Gasteiger charge is 2.40. The maximum atomic E-state index is 12.9. The topological polar surface area (TPSA) is 259 Å². The van der Waals surface area contributed by atoms with E-state index in [4.69, 9.17) is 36.6 Å². The largest absolute Gasteiger partial charge is 0.467 e. The highest BCUT2D eigenvalue weighted by atomic mass is 16.6. The van der Waals surface area contributed by atoms with E-state index in [0.717, 1.165) is 40.1 Å². The number of ether oxygens (including phenoxy) is 2. The summed E-state index contributed by atoms with van der Waals surface area (Å²) in [5, 5.41) is 20.3. The molecule has 0 unspecified atom stereocenters. The van der Waals surface area contributed by atoms with Crippen LogP contribution in [0.4, 0.5) is 16.4 Å². The molecule has 6 aromatic rings. The predicted molar refractivity (Wildman–Crippen MR) is 213 cm³/mol. The number of aromatic nitrogens is 10. The third-order valence-electron chi connectivity index (χ3n) is 10.3. The van der Waals surface area contributed by atoms with E-state index in [1.165, 1.54) is 12.0 Å². The number of likely N-dealkylation sites (tertiary alicyclic amines) is 1. The van der Waals surface area contributed by atoms with E-state index < -0.39 is 23.7 Å². The average molecular weight is 796 g/mol. The minimum absolute atomic E-state index is 0.137. The Labute approximate surface area is 333 Å². The van der Waals surface area contributed by atoms with Gasteiger partial charge >= 0.3 is 12.1 Å². The van der Waals surface area contributed by atoms with E-state index in [-0.39, 0.29) is 30.3 Å². The van der Waals surface area contributed by atoms with Gasteiger partial charge in [-0.05, 0) is 46.5 Å². The fourth-order valence-corrected chi connectivity index (χ4v) is 7.43. The molecule has 2 saturated heterocycles. The van der Waals surface area contributed by atoms with Gasteiger partial charge < -0.3 is 32.0 Å². The highest BCUT2D eigenvalue weighted by molar-refractivity contribution is 5.82. The molecule has 20 nitrogen and oxygen atoms in total. The smallest absolute Gasteiger partial charge is 0.411 e. The van der Waals surface area contributed by atoms with Crippen molar-refractivity contribution in [2.24, 2.45) is 19.8 Å². The highest BCUT2D eigenvalue weighted by Crippen LogP contribution is 2.34. The summed E-state index contributed by atoms with van der Waals surface area (Å²) in [7, 11) is 5.02. The van der Waals surface area contributed by atoms with E-state index >= 15 is 0 Å². The van der Waals surface area contributed by atoms with E-state index in [0.29, 0.717) is 48.7 Å². The predicted octanol–water partition coefficient (Wildman–Crippen LogP) is 2.40. The van der Waals surface area contributed by atoms with Crippen molar-refractivity contribution in [3.8, 4) is 22.3 Å². The van der Waals surface area contributed by atoms with Crippen LogP contribution >= 0.6 is 0 Å². The van der Waals surface area contributed by atoms with Gasteiger partial charge in [0.2, 0.25) is 5.91 Å². The number of aryl methyl sites for hydroxylation is 2. The molecule has 0 aromatic carbocycles. The van der Waals surface area contributed by atoms with Gasteiger partial charge in [-0.3, -0.25) is 19.1 Å². The number of piperidine rings is 2. The Morgan fingerprint density at radius 3 is 1.76 bits per heavy atom. The number of amides is 2. The molecular weight excluding hydrogens is 747 g/mol. The molecule has 58 heavy (non-hydrogen) atoms. The number of primary amides is 1. The number of hydrogen-bond donors (Lipinski definition) is 4. The van der Waals surface area contributed by atoms with E-state index in [1.807, 2.05) is 32.6 Å². The zero-order chi connectivity index (χ0) is 41.5. The number of hydrogen-bond acceptors (Lipinski definition) is 14. The summed E-state index contributed by atoms with van der Waals surface area (Å²) in [6.07, 6.45) is 12.8. The minimum atomic E-state index is -0.705. The van der Waals surface area contributed by atoms with E-state index in [9.17, 15) is 14.4 Å².